The van der Waals surface area contributed by atoms with Gasteiger partial charge < -0.3 is 0 Å². The quantitative estimate of drug-likeness (QED) is 0.101. The van der Waals surface area contributed by atoms with Crippen LogP contribution in [0, 0.1) is 27.7 Å². The monoisotopic (exact) mass is 1070 g/mol. The van der Waals surface area contributed by atoms with Crippen molar-refractivity contribution in [2.45, 2.75) is 122 Å². The van der Waals surface area contributed by atoms with E-state index < -0.39 is 0 Å². The standard InChI is InChI=1S/C55H62N6.CH4.4ClH.2Fe/c1-34-29-42(30-35(2)52(34)58-40(7)50-19-15-17-48(60-50)38(5)56-46-25-21-44(22-26-46)54(9,10)11)33-43-31-36(3)53(37(4)32-43)59-41(8)51-20-16-18-49(61-51)39(6)57-47-27-23-45(24-28-47)55(12,13)14;;;;;;;/h15-32H,33H2,1-14H3;1H4;4*1H;;/q;;;;;;2*+2/p-4. The molecule has 68 heavy (non-hydrogen) atoms. The molecule has 0 atom stereocenters. The van der Waals surface area contributed by atoms with Gasteiger partial charge in [0.25, 0.3) is 0 Å². The molecule has 4 aromatic carbocycles. The maximum atomic E-state index is 5.12. The zero-order valence-corrected chi connectivity index (χ0v) is 46.2. The normalized spacial score (nSPS) is 12.5. The van der Waals surface area contributed by atoms with Crippen LogP contribution in [0.5, 0.6) is 0 Å². The fourth-order valence-electron chi connectivity index (χ4n) is 7.58. The van der Waals surface area contributed by atoms with Gasteiger partial charge in [0.1, 0.15) is 0 Å². The second kappa shape index (κ2) is 26.9. The molecule has 2 aromatic heterocycles. The van der Waals surface area contributed by atoms with Crippen molar-refractivity contribution in [2.24, 2.45) is 20.0 Å². The molecular weight excluding hydrogens is 1010 g/mol. The van der Waals surface area contributed by atoms with Gasteiger partial charge in [-0.3, -0.25) is 20.0 Å². The number of hydrogen-bond acceptors (Lipinski definition) is 6. The molecular formula is C56H66Cl4Fe2N6. The van der Waals surface area contributed by atoms with Crippen molar-refractivity contribution in [3.8, 4) is 0 Å². The Kier molecular flexibility index (Phi) is 23.1. The van der Waals surface area contributed by atoms with Crippen LogP contribution in [0.3, 0.4) is 0 Å². The van der Waals surface area contributed by atoms with Crippen LogP contribution in [0.4, 0.5) is 22.7 Å². The van der Waals surface area contributed by atoms with E-state index in [4.69, 9.17) is 70.3 Å². The summed E-state index contributed by atoms with van der Waals surface area (Å²) in [5.41, 5.74) is 20.5. The first-order valence-corrected chi connectivity index (χ1v) is 27.9. The van der Waals surface area contributed by atoms with Crippen molar-refractivity contribution in [1.82, 2.24) is 9.97 Å². The molecule has 12 heteroatoms. The van der Waals surface area contributed by atoms with Crippen molar-refractivity contribution >= 4 is 86.0 Å². The van der Waals surface area contributed by atoms with E-state index in [1.807, 2.05) is 64.1 Å². The Hall–Kier alpha value is -3.94. The van der Waals surface area contributed by atoms with Crippen molar-refractivity contribution in [3.63, 3.8) is 0 Å². The van der Waals surface area contributed by atoms with Crippen molar-refractivity contribution in [1.29, 1.82) is 0 Å². The Balaban J connectivity index is 0.00000166. The third-order valence-electron chi connectivity index (χ3n) is 11.1. The Labute approximate surface area is 436 Å². The van der Waals surface area contributed by atoms with Crippen molar-refractivity contribution in [3.05, 3.63) is 176 Å². The maximum absolute atomic E-state index is 5.12. The van der Waals surface area contributed by atoms with Gasteiger partial charge in [-0.1, -0.05) is 110 Å². The van der Waals surface area contributed by atoms with E-state index in [0.29, 0.717) is 0 Å². The van der Waals surface area contributed by atoms with E-state index in [9.17, 15) is 0 Å². The van der Waals surface area contributed by atoms with Gasteiger partial charge in [0.2, 0.25) is 0 Å². The Bertz CT molecular complexity index is 2510. The first kappa shape index (κ1) is 58.4. The molecule has 0 amide bonds. The average molecular weight is 1080 g/mol. The molecule has 0 unspecified atom stereocenters. The Morgan fingerprint density at radius 3 is 0.941 bits per heavy atom. The Morgan fingerprint density at radius 1 is 0.441 bits per heavy atom. The number of benzene rings is 4. The average Bonchev–Trinajstić information content (AvgIpc) is 3.26. The molecule has 0 saturated heterocycles. The molecule has 0 fully saturated rings. The van der Waals surface area contributed by atoms with Gasteiger partial charge in [0, 0.05) is 0 Å². The second-order valence-electron chi connectivity index (χ2n) is 18.6. The van der Waals surface area contributed by atoms with Gasteiger partial charge in [0.05, 0.1) is 68.4 Å². The summed E-state index contributed by atoms with van der Waals surface area (Å²) in [5.74, 6) is 0. The number of pyridine rings is 2. The van der Waals surface area contributed by atoms with Crippen LogP contribution >= 0.6 is 40.4 Å². The number of hydrogen-bond donors (Lipinski definition) is 0. The van der Waals surface area contributed by atoms with Gasteiger partial charge in [0.15, 0.2) is 0 Å². The summed E-state index contributed by atoms with van der Waals surface area (Å²) in [6.45, 7) is 30.0. The van der Waals surface area contributed by atoms with Crippen LogP contribution in [-0.4, -0.2) is 32.8 Å². The molecule has 2 heterocycles. The zero-order chi connectivity index (χ0) is 49.6. The first-order valence-electron chi connectivity index (χ1n) is 21.9. The molecule has 6 aromatic rings. The molecule has 0 radical (unpaired) electrons. The van der Waals surface area contributed by atoms with Gasteiger partial charge in [-0.2, -0.15) is 0 Å². The summed E-state index contributed by atoms with van der Waals surface area (Å²) >= 11 is 0.389. The number of aromatic nitrogens is 2. The second-order valence-corrected chi connectivity index (χ2v) is 22.3. The van der Waals surface area contributed by atoms with E-state index in [1.165, 1.54) is 22.3 Å². The molecule has 6 nitrogen and oxygen atoms in total. The molecule has 0 aliphatic rings. The summed E-state index contributed by atoms with van der Waals surface area (Å²) in [7, 11) is 19.1. The van der Waals surface area contributed by atoms with Crippen LogP contribution in [-0.2, 0) is 43.5 Å². The minimum atomic E-state index is 0. The Morgan fingerprint density at radius 2 is 0.691 bits per heavy atom. The number of halogens is 4. The molecule has 0 spiro atoms. The van der Waals surface area contributed by atoms with E-state index in [2.05, 4.69) is 142 Å². The molecule has 6 rings (SSSR count). The summed E-state index contributed by atoms with van der Waals surface area (Å²) in [6, 6.07) is 38.1. The number of aliphatic imine (C=N–C) groups is 4. The summed E-state index contributed by atoms with van der Waals surface area (Å²) in [4.78, 5) is 29.9. The van der Waals surface area contributed by atoms with E-state index >= 15 is 0 Å². The molecule has 0 N–H and O–H groups in total. The van der Waals surface area contributed by atoms with Crippen LogP contribution in [0.15, 0.2) is 129 Å². The van der Waals surface area contributed by atoms with Crippen molar-refractivity contribution in [2.75, 3.05) is 0 Å². The predicted molar refractivity (Wildman–Crippen MR) is 291 cm³/mol. The van der Waals surface area contributed by atoms with Gasteiger partial charge in [-0.15, -0.1) is 0 Å². The zero-order valence-electron chi connectivity index (χ0n) is 41.0. The molecule has 0 bridgehead atoms. The fraction of sp³-hybridized carbons (Fsp3) is 0.321. The van der Waals surface area contributed by atoms with Gasteiger partial charge >= 0.3 is 66.7 Å². The SMILES string of the molecule is C.CC(=Nc1ccc(C(C)(C)C)cc1)c1cccc(C(C)=Nc2c(C)cc(Cc3cc(C)c(N=C(C)c4cccc(C(C)=Nc5ccc(C(C)(C)C)cc5)n4)c(C)c3)cc2C)n1.[Cl][Fe][Cl].[Cl][Fe][Cl]. The number of nitrogens with zero attached hydrogens (tertiary/aromatic N) is 6. The van der Waals surface area contributed by atoms with E-state index in [1.54, 1.807) is 0 Å². The molecule has 0 aliphatic carbocycles. The summed E-state index contributed by atoms with van der Waals surface area (Å²) in [6.07, 6.45) is 0.817. The van der Waals surface area contributed by atoms with E-state index in [0.717, 1.165) is 97.0 Å². The third kappa shape index (κ3) is 17.2. The molecule has 0 saturated carbocycles. The number of aryl methyl sites for hydroxylation is 4. The number of rotatable bonds is 10. The fourth-order valence-corrected chi connectivity index (χ4v) is 7.58. The van der Waals surface area contributed by atoms with Crippen LogP contribution in [0.25, 0.3) is 0 Å². The predicted octanol–water partition coefficient (Wildman–Crippen LogP) is 17.8. The minimum absolute atomic E-state index is 0. The topological polar surface area (TPSA) is 75.2 Å². The van der Waals surface area contributed by atoms with Crippen molar-refractivity contribution < 1.29 is 26.3 Å². The summed E-state index contributed by atoms with van der Waals surface area (Å²) in [5, 5.41) is 0. The first-order chi connectivity index (χ1) is 31.6. The molecule has 0 aliphatic heterocycles. The third-order valence-corrected chi connectivity index (χ3v) is 11.1. The van der Waals surface area contributed by atoms with Crippen LogP contribution in [0.2, 0.25) is 0 Å². The van der Waals surface area contributed by atoms with Gasteiger partial charge in [-0.05, 0) is 166 Å². The van der Waals surface area contributed by atoms with E-state index in [-0.39, 0.29) is 44.5 Å². The molecule has 364 valence electrons. The van der Waals surface area contributed by atoms with Crippen LogP contribution < -0.4 is 0 Å². The van der Waals surface area contributed by atoms with Crippen LogP contribution in [0.1, 0.15) is 144 Å². The van der Waals surface area contributed by atoms with Gasteiger partial charge in [-0.25, -0.2) is 9.97 Å². The summed E-state index contributed by atoms with van der Waals surface area (Å²) < 4.78 is 0.